The number of aromatic nitrogens is 2. The van der Waals surface area contributed by atoms with Crippen LogP contribution in [0.2, 0.25) is 0 Å². The highest BCUT2D eigenvalue weighted by molar-refractivity contribution is 6.01. The van der Waals surface area contributed by atoms with E-state index in [0.29, 0.717) is 54.8 Å². The summed E-state index contributed by atoms with van der Waals surface area (Å²) in [5, 5.41) is 0. The molecule has 0 saturated carbocycles. The standard InChI is InChI=1S/C21H23N3O5/c1-26-17-11-14(12-18(27-2)19(17)28-3)15-10-16(20-22-4-5-24(20)13-15)21(25)23-6-8-29-9-7-23/h4-5,10-13H,6-9H2,1-3H3. The Balaban J connectivity index is 1.84. The molecule has 29 heavy (non-hydrogen) atoms. The van der Waals surface area contributed by atoms with Crippen LogP contribution in [0.5, 0.6) is 17.2 Å². The number of hydrogen-bond acceptors (Lipinski definition) is 6. The topological polar surface area (TPSA) is 74.5 Å². The van der Waals surface area contributed by atoms with Crippen LogP contribution in [-0.4, -0.2) is 67.8 Å². The number of benzene rings is 1. The van der Waals surface area contributed by atoms with Crippen molar-refractivity contribution >= 4 is 11.6 Å². The van der Waals surface area contributed by atoms with Crippen LogP contribution in [-0.2, 0) is 4.74 Å². The van der Waals surface area contributed by atoms with E-state index in [-0.39, 0.29) is 5.91 Å². The van der Waals surface area contributed by atoms with E-state index in [4.69, 9.17) is 18.9 Å². The average molecular weight is 397 g/mol. The second kappa shape index (κ2) is 8.00. The molecule has 8 nitrogen and oxygen atoms in total. The predicted octanol–water partition coefficient (Wildman–Crippen LogP) is 2.50. The van der Waals surface area contributed by atoms with Crippen molar-refractivity contribution in [2.24, 2.45) is 0 Å². The van der Waals surface area contributed by atoms with Crippen molar-refractivity contribution in [2.45, 2.75) is 0 Å². The van der Waals surface area contributed by atoms with Gasteiger partial charge in [0.1, 0.15) is 5.65 Å². The van der Waals surface area contributed by atoms with Gasteiger partial charge < -0.3 is 28.2 Å². The molecule has 3 heterocycles. The van der Waals surface area contributed by atoms with Crippen LogP contribution in [0.15, 0.2) is 36.8 Å². The fourth-order valence-corrected chi connectivity index (χ4v) is 3.53. The Morgan fingerprint density at radius 2 is 1.69 bits per heavy atom. The molecule has 1 aromatic carbocycles. The fraction of sp³-hybridized carbons (Fsp3) is 0.333. The third-order valence-corrected chi connectivity index (χ3v) is 5.01. The van der Waals surface area contributed by atoms with Gasteiger partial charge in [-0.2, -0.15) is 0 Å². The molecule has 1 amide bonds. The van der Waals surface area contributed by atoms with Gasteiger partial charge in [-0.05, 0) is 29.3 Å². The molecule has 1 aliphatic heterocycles. The first kappa shape index (κ1) is 19.1. The molecule has 0 atom stereocenters. The zero-order chi connectivity index (χ0) is 20.4. The highest BCUT2D eigenvalue weighted by Crippen LogP contribution is 2.41. The summed E-state index contributed by atoms with van der Waals surface area (Å²) in [5.41, 5.74) is 2.85. The smallest absolute Gasteiger partial charge is 0.257 e. The van der Waals surface area contributed by atoms with E-state index >= 15 is 0 Å². The Labute approximate surface area is 168 Å². The van der Waals surface area contributed by atoms with E-state index < -0.39 is 0 Å². The summed E-state index contributed by atoms with van der Waals surface area (Å²) >= 11 is 0. The first-order chi connectivity index (χ1) is 14.2. The zero-order valence-corrected chi connectivity index (χ0v) is 16.7. The summed E-state index contributed by atoms with van der Waals surface area (Å²) in [6.07, 6.45) is 5.44. The number of nitrogens with zero attached hydrogens (tertiary/aromatic N) is 3. The van der Waals surface area contributed by atoms with Gasteiger partial charge in [0.15, 0.2) is 11.5 Å². The van der Waals surface area contributed by atoms with Crippen molar-refractivity contribution in [1.82, 2.24) is 14.3 Å². The molecule has 0 spiro atoms. The molecule has 0 radical (unpaired) electrons. The normalized spacial score (nSPS) is 14.1. The molecule has 3 aromatic rings. The molecule has 0 unspecified atom stereocenters. The van der Waals surface area contributed by atoms with Crippen LogP contribution in [0.3, 0.4) is 0 Å². The zero-order valence-electron chi connectivity index (χ0n) is 16.7. The lowest BCUT2D eigenvalue weighted by molar-refractivity contribution is 0.0304. The van der Waals surface area contributed by atoms with Crippen molar-refractivity contribution in [3.8, 4) is 28.4 Å². The van der Waals surface area contributed by atoms with Gasteiger partial charge in [0.05, 0.1) is 40.1 Å². The number of pyridine rings is 1. The maximum atomic E-state index is 13.2. The lowest BCUT2D eigenvalue weighted by atomic mass is 10.0. The van der Waals surface area contributed by atoms with E-state index in [0.717, 1.165) is 11.1 Å². The number of carbonyl (C=O) groups is 1. The maximum absolute atomic E-state index is 13.2. The predicted molar refractivity (Wildman–Crippen MR) is 107 cm³/mol. The van der Waals surface area contributed by atoms with E-state index in [1.54, 1.807) is 32.4 Å². The minimum absolute atomic E-state index is 0.0567. The van der Waals surface area contributed by atoms with Crippen molar-refractivity contribution in [3.05, 3.63) is 42.4 Å². The van der Waals surface area contributed by atoms with Crippen molar-refractivity contribution in [1.29, 1.82) is 0 Å². The van der Waals surface area contributed by atoms with Gasteiger partial charge in [-0.25, -0.2) is 4.98 Å². The quantitative estimate of drug-likeness (QED) is 0.659. The van der Waals surface area contributed by atoms with Crippen molar-refractivity contribution in [2.75, 3.05) is 47.6 Å². The lowest BCUT2D eigenvalue weighted by Gasteiger charge is -2.27. The average Bonchev–Trinajstić information content (AvgIpc) is 3.26. The molecule has 0 N–H and O–H groups in total. The van der Waals surface area contributed by atoms with Gasteiger partial charge in [0, 0.05) is 31.7 Å². The number of ether oxygens (including phenoxy) is 4. The van der Waals surface area contributed by atoms with E-state index in [2.05, 4.69) is 4.98 Å². The van der Waals surface area contributed by atoms with E-state index in [1.807, 2.05) is 35.0 Å². The Hall–Kier alpha value is -3.26. The number of morpholine rings is 1. The van der Waals surface area contributed by atoms with Crippen LogP contribution in [0.25, 0.3) is 16.8 Å². The van der Waals surface area contributed by atoms with Crippen LogP contribution in [0.4, 0.5) is 0 Å². The monoisotopic (exact) mass is 397 g/mol. The largest absolute Gasteiger partial charge is 0.493 e. The number of methoxy groups -OCH3 is 3. The van der Waals surface area contributed by atoms with Gasteiger partial charge in [0.25, 0.3) is 5.91 Å². The Morgan fingerprint density at radius 3 is 2.31 bits per heavy atom. The number of fused-ring (bicyclic) bond motifs is 1. The molecule has 1 aliphatic rings. The number of imidazole rings is 1. The highest BCUT2D eigenvalue weighted by Gasteiger charge is 2.23. The number of hydrogen-bond donors (Lipinski definition) is 0. The Kier molecular flexibility index (Phi) is 5.26. The molecular formula is C21H23N3O5. The minimum Gasteiger partial charge on any atom is -0.493 e. The number of rotatable bonds is 5. The molecular weight excluding hydrogens is 374 g/mol. The maximum Gasteiger partial charge on any atom is 0.257 e. The van der Waals surface area contributed by atoms with Gasteiger partial charge in [-0.15, -0.1) is 0 Å². The minimum atomic E-state index is -0.0567. The summed E-state index contributed by atoms with van der Waals surface area (Å²) in [4.78, 5) is 19.4. The van der Waals surface area contributed by atoms with Gasteiger partial charge >= 0.3 is 0 Å². The molecule has 0 bridgehead atoms. The van der Waals surface area contributed by atoms with Crippen molar-refractivity contribution < 1.29 is 23.7 Å². The van der Waals surface area contributed by atoms with Crippen LogP contribution in [0, 0.1) is 0 Å². The third-order valence-electron chi connectivity index (χ3n) is 5.01. The fourth-order valence-electron chi connectivity index (χ4n) is 3.53. The summed E-state index contributed by atoms with van der Waals surface area (Å²) in [6.45, 7) is 2.23. The van der Waals surface area contributed by atoms with E-state index in [1.165, 1.54) is 0 Å². The first-order valence-electron chi connectivity index (χ1n) is 9.30. The molecule has 2 aromatic heterocycles. The molecule has 0 aliphatic carbocycles. The molecule has 8 heteroatoms. The SMILES string of the molecule is COc1cc(-c2cc(C(=O)N3CCOCC3)c3nccn3c2)cc(OC)c1OC. The molecule has 1 saturated heterocycles. The van der Waals surface area contributed by atoms with Crippen LogP contribution < -0.4 is 14.2 Å². The summed E-state index contributed by atoms with van der Waals surface area (Å²) < 4.78 is 23.6. The Bertz CT molecular complexity index is 1010. The first-order valence-corrected chi connectivity index (χ1v) is 9.30. The summed E-state index contributed by atoms with van der Waals surface area (Å²) in [6, 6.07) is 5.59. The van der Waals surface area contributed by atoms with E-state index in [9.17, 15) is 4.79 Å². The van der Waals surface area contributed by atoms with Gasteiger partial charge in [-0.3, -0.25) is 4.79 Å². The highest BCUT2D eigenvalue weighted by atomic mass is 16.5. The second-order valence-electron chi connectivity index (χ2n) is 6.62. The van der Waals surface area contributed by atoms with Gasteiger partial charge in [0.2, 0.25) is 5.75 Å². The second-order valence-corrected chi connectivity index (χ2v) is 6.62. The summed E-state index contributed by atoms with van der Waals surface area (Å²) in [5.74, 6) is 1.56. The van der Waals surface area contributed by atoms with Gasteiger partial charge in [-0.1, -0.05) is 0 Å². The molecule has 152 valence electrons. The Morgan fingerprint density at radius 1 is 1.00 bits per heavy atom. The summed E-state index contributed by atoms with van der Waals surface area (Å²) in [7, 11) is 4.72. The molecule has 1 fully saturated rings. The number of amides is 1. The molecule has 4 rings (SSSR count). The van der Waals surface area contributed by atoms with Crippen LogP contribution >= 0.6 is 0 Å². The number of carbonyl (C=O) groups excluding carboxylic acids is 1. The lowest BCUT2D eigenvalue weighted by Crippen LogP contribution is -2.40. The van der Waals surface area contributed by atoms with Crippen LogP contribution in [0.1, 0.15) is 10.4 Å². The third kappa shape index (κ3) is 3.47. The van der Waals surface area contributed by atoms with Crippen molar-refractivity contribution in [3.63, 3.8) is 0 Å².